The van der Waals surface area contributed by atoms with E-state index in [0.29, 0.717) is 56.5 Å². The van der Waals surface area contributed by atoms with Crippen LogP contribution in [0.2, 0.25) is 0 Å². The molecule has 27 heavy (non-hydrogen) atoms. The average molecular weight is 366 g/mol. The number of carbonyl (C=O) groups is 2. The number of fused-ring (bicyclic) bond motifs is 2. The molecule has 0 radical (unpaired) electrons. The van der Waals surface area contributed by atoms with Crippen LogP contribution in [0.25, 0.3) is 0 Å². The number of hydrogen-bond donors (Lipinski definition) is 0. The van der Waals surface area contributed by atoms with Gasteiger partial charge in [-0.05, 0) is 24.1 Å². The number of ketones is 1. The van der Waals surface area contributed by atoms with Crippen molar-refractivity contribution < 1.29 is 18.7 Å². The van der Waals surface area contributed by atoms with Gasteiger partial charge in [0.25, 0.3) is 5.91 Å². The highest BCUT2D eigenvalue weighted by atomic mass is 16.5. The molecule has 0 saturated carbocycles. The van der Waals surface area contributed by atoms with E-state index in [1.165, 1.54) is 0 Å². The maximum atomic E-state index is 12.9. The Labute approximate surface area is 155 Å². The van der Waals surface area contributed by atoms with Crippen LogP contribution in [-0.2, 0) is 14.3 Å². The number of rotatable bonds is 1. The number of amides is 1. The molecule has 0 bridgehead atoms. The predicted octanol–water partition coefficient (Wildman–Crippen LogP) is 1.35. The smallest absolute Gasteiger partial charge is 0.263 e. The van der Waals surface area contributed by atoms with Crippen molar-refractivity contribution in [3.05, 3.63) is 35.3 Å². The zero-order chi connectivity index (χ0) is 18.4. The van der Waals surface area contributed by atoms with E-state index in [4.69, 9.17) is 9.15 Å². The van der Waals surface area contributed by atoms with Crippen LogP contribution in [-0.4, -0.2) is 60.9 Å². The van der Waals surface area contributed by atoms with Gasteiger partial charge in [-0.2, -0.15) is 9.98 Å². The Kier molecular flexibility index (Phi) is 3.86. The fourth-order valence-corrected chi connectivity index (χ4v) is 4.02. The zero-order valence-electron chi connectivity index (χ0n) is 14.6. The lowest BCUT2D eigenvalue weighted by atomic mass is 9.75. The Balaban J connectivity index is 1.47. The lowest BCUT2D eigenvalue weighted by Gasteiger charge is -2.33. The fourth-order valence-electron chi connectivity index (χ4n) is 4.02. The van der Waals surface area contributed by atoms with Crippen molar-refractivity contribution in [3.8, 4) is 0 Å². The summed E-state index contributed by atoms with van der Waals surface area (Å²) in [6.07, 6.45) is 4.08. The highest BCUT2D eigenvalue weighted by Gasteiger charge is 2.42. The molecule has 1 saturated heterocycles. The fraction of sp³-hybridized carbons (Fsp3) is 0.421. The standard InChI is InChI=1S/C19H18N4O4/c24-14-9-11(15-2-1-5-27-15)8-12-13(14)10-20-17-16(12)18(25)22-19(21-17)23-3-6-26-7-4-23/h1-2,5,10-11,16H,3-4,6-9H2. The third-order valence-corrected chi connectivity index (χ3v) is 5.39. The van der Waals surface area contributed by atoms with E-state index in [2.05, 4.69) is 15.0 Å². The number of aliphatic imine (C=N–C) groups is 3. The van der Waals surface area contributed by atoms with Gasteiger partial charge in [0.2, 0.25) is 5.96 Å². The second-order valence-electron chi connectivity index (χ2n) is 6.99. The summed E-state index contributed by atoms with van der Waals surface area (Å²) in [4.78, 5) is 40.5. The van der Waals surface area contributed by atoms with E-state index < -0.39 is 5.92 Å². The Morgan fingerprint density at radius 2 is 1.96 bits per heavy atom. The molecule has 8 heteroatoms. The SMILES string of the molecule is O=C1CC(c2ccco2)CC2=C1C=NC1=NC(N3CCOCC3)=NC(=O)C12. The van der Waals surface area contributed by atoms with Gasteiger partial charge in [0, 0.05) is 37.2 Å². The summed E-state index contributed by atoms with van der Waals surface area (Å²) >= 11 is 0. The average Bonchev–Trinajstić information content (AvgIpc) is 3.23. The number of morpholine rings is 1. The summed E-state index contributed by atoms with van der Waals surface area (Å²) in [6.45, 7) is 2.45. The van der Waals surface area contributed by atoms with Crippen LogP contribution in [0.3, 0.4) is 0 Å². The number of carbonyl (C=O) groups excluding carboxylic acids is 2. The number of guanidine groups is 1. The number of amidine groups is 1. The zero-order valence-corrected chi connectivity index (χ0v) is 14.6. The molecule has 4 aliphatic rings. The lowest BCUT2D eigenvalue weighted by Crippen LogP contribution is -2.44. The van der Waals surface area contributed by atoms with Crippen LogP contribution < -0.4 is 0 Å². The van der Waals surface area contributed by atoms with Gasteiger partial charge in [-0.15, -0.1) is 0 Å². The maximum absolute atomic E-state index is 12.9. The Morgan fingerprint density at radius 1 is 1.11 bits per heavy atom. The normalized spacial score (nSPS) is 27.9. The first kappa shape index (κ1) is 16.3. The maximum Gasteiger partial charge on any atom is 0.263 e. The van der Waals surface area contributed by atoms with Crippen molar-refractivity contribution in [1.82, 2.24) is 4.90 Å². The number of furan rings is 1. The van der Waals surface area contributed by atoms with Crippen molar-refractivity contribution in [2.24, 2.45) is 20.9 Å². The first-order chi connectivity index (χ1) is 13.2. The summed E-state index contributed by atoms with van der Waals surface area (Å²) < 4.78 is 10.8. The van der Waals surface area contributed by atoms with Crippen molar-refractivity contribution >= 4 is 29.7 Å². The van der Waals surface area contributed by atoms with E-state index >= 15 is 0 Å². The molecule has 0 spiro atoms. The van der Waals surface area contributed by atoms with Gasteiger partial charge >= 0.3 is 0 Å². The summed E-state index contributed by atoms with van der Waals surface area (Å²) in [5.41, 5.74) is 1.29. The van der Waals surface area contributed by atoms with Crippen molar-refractivity contribution in [2.45, 2.75) is 18.8 Å². The van der Waals surface area contributed by atoms with Crippen molar-refractivity contribution in [2.75, 3.05) is 26.3 Å². The number of nitrogens with zero attached hydrogens (tertiary/aromatic N) is 4. The monoisotopic (exact) mass is 366 g/mol. The summed E-state index contributed by atoms with van der Waals surface area (Å²) in [6, 6.07) is 3.68. The van der Waals surface area contributed by atoms with E-state index in [0.717, 1.165) is 11.3 Å². The number of Topliss-reactive ketones (excluding diaryl/α,β-unsaturated/α-hetero) is 1. The van der Waals surface area contributed by atoms with Gasteiger partial charge in [-0.1, -0.05) is 0 Å². The molecule has 8 nitrogen and oxygen atoms in total. The molecular formula is C19H18N4O4. The van der Waals surface area contributed by atoms with Gasteiger partial charge < -0.3 is 14.1 Å². The van der Waals surface area contributed by atoms with Crippen LogP contribution in [0.4, 0.5) is 0 Å². The molecule has 4 heterocycles. The van der Waals surface area contributed by atoms with Crippen LogP contribution in [0.5, 0.6) is 0 Å². The van der Waals surface area contributed by atoms with Gasteiger partial charge in [-0.25, -0.2) is 4.99 Å². The van der Waals surface area contributed by atoms with Crippen molar-refractivity contribution in [1.29, 1.82) is 0 Å². The van der Waals surface area contributed by atoms with Crippen LogP contribution in [0, 0.1) is 5.92 Å². The minimum absolute atomic E-state index is 0.0174. The molecule has 2 unspecified atom stereocenters. The topological polar surface area (TPSA) is 96.8 Å². The van der Waals surface area contributed by atoms with Gasteiger partial charge in [0.05, 0.1) is 19.5 Å². The molecule has 3 aliphatic heterocycles. The number of hydrogen-bond acceptors (Lipinski definition) is 7. The third kappa shape index (κ3) is 2.76. The van der Waals surface area contributed by atoms with E-state index in [9.17, 15) is 9.59 Å². The van der Waals surface area contributed by atoms with Gasteiger partial charge in [0.15, 0.2) is 5.78 Å². The lowest BCUT2D eigenvalue weighted by molar-refractivity contribution is -0.119. The minimum Gasteiger partial charge on any atom is -0.469 e. The van der Waals surface area contributed by atoms with Gasteiger partial charge in [0.1, 0.15) is 17.5 Å². The highest BCUT2D eigenvalue weighted by Crippen LogP contribution is 2.40. The van der Waals surface area contributed by atoms with E-state index in [1.807, 2.05) is 17.0 Å². The second kappa shape index (κ2) is 6.38. The Hall–Kier alpha value is -2.87. The second-order valence-corrected chi connectivity index (χ2v) is 6.99. The highest BCUT2D eigenvalue weighted by molar-refractivity contribution is 6.26. The van der Waals surface area contributed by atoms with Crippen LogP contribution >= 0.6 is 0 Å². The molecule has 1 aromatic heterocycles. The molecule has 138 valence electrons. The van der Waals surface area contributed by atoms with Crippen molar-refractivity contribution in [3.63, 3.8) is 0 Å². The molecule has 1 aliphatic carbocycles. The van der Waals surface area contributed by atoms with Crippen LogP contribution in [0.15, 0.2) is 48.9 Å². The molecule has 2 atom stereocenters. The molecule has 0 N–H and O–H groups in total. The largest absolute Gasteiger partial charge is 0.469 e. The first-order valence-electron chi connectivity index (χ1n) is 9.08. The summed E-state index contributed by atoms with van der Waals surface area (Å²) in [7, 11) is 0. The van der Waals surface area contributed by atoms with E-state index in [-0.39, 0.29) is 17.6 Å². The molecule has 0 aromatic carbocycles. The van der Waals surface area contributed by atoms with Crippen LogP contribution in [0.1, 0.15) is 24.5 Å². The number of dihydropyridines is 1. The Morgan fingerprint density at radius 3 is 2.74 bits per heavy atom. The first-order valence-corrected chi connectivity index (χ1v) is 9.08. The summed E-state index contributed by atoms with van der Waals surface area (Å²) in [5.74, 6) is 0.503. The molecule has 1 amide bonds. The van der Waals surface area contributed by atoms with Gasteiger partial charge in [-0.3, -0.25) is 9.59 Å². The van der Waals surface area contributed by atoms with E-state index in [1.54, 1.807) is 12.5 Å². The quantitative estimate of drug-likeness (QED) is 0.747. The molecule has 1 fully saturated rings. The molecular weight excluding hydrogens is 348 g/mol. The third-order valence-electron chi connectivity index (χ3n) is 5.39. The number of ether oxygens (including phenoxy) is 1. The predicted molar refractivity (Wildman–Crippen MR) is 97.0 cm³/mol. The number of allylic oxidation sites excluding steroid dienone is 1. The minimum atomic E-state index is -0.670. The summed E-state index contributed by atoms with van der Waals surface area (Å²) in [5, 5.41) is 0. The Bertz CT molecular complexity index is 920. The molecule has 1 aromatic rings. The molecule has 5 rings (SSSR count).